The van der Waals surface area contributed by atoms with Gasteiger partial charge in [0.25, 0.3) is 0 Å². The van der Waals surface area contributed by atoms with Crippen LogP contribution in [0.5, 0.6) is 0 Å². The van der Waals surface area contributed by atoms with Gasteiger partial charge in [-0.25, -0.2) is 9.59 Å². The average molecular weight is 284 g/mol. The third-order valence-electron chi connectivity index (χ3n) is 2.92. The molecule has 0 saturated carbocycles. The zero-order valence-electron chi connectivity index (χ0n) is 12.8. The van der Waals surface area contributed by atoms with Crippen molar-refractivity contribution in [2.75, 3.05) is 26.9 Å². The van der Waals surface area contributed by atoms with Crippen molar-refractivity contribution in [1.29, 1.82) is 0 Å². The molecule has 0 unspecified atom stereocenters. The zero-order chi connectivity index (χ0) is 15.8. The van der Waals surface area contributed by atoms with Gasteiger partial charge in [0.1, 0.15) is 13.2 Å². The minimum atomic E-state index is -0.565. The van der Waals surface area contributed by atoms with E-state index in [1.165, 1.54) is 0 Å². The number of ether oxygens (including phenoxy) is 3. The van der Waals surface area contributed by atoms with Gasteiger partial charge in [0.15, 0.2) is 0 Å². The van der Waals surface area contributed by atoms with Crippen LogP contribution in [0.1, 0.15) is 27.2 Å². The Hall–Kier alpha value is -1.62. The Balaban J connectivity index is 4.72. The molecule has 0 heterocycles. The molecule has 20 heavy (non-hydrogen) atoms. The molecule has 0 fully saturated rings. The van der Waals surface area contributed by atoms with Gasteiger partial charge in [-0.2, -0.15) is 0 Å². The predicted octanol–water partition coefficient (Wildman–Crippen LogP) is 2.27. The lowest BCUT2D eigenvalue weighted by atomic mass is 9.88. The Morgan fingerprint density at radius 3 is 1.60 bits per heavy atom. The summed E-state index contributed by atoms with van der Waals surface area (Å²) in [6, 6.07) is 0. The molecule has 0 bridgehead atoms. The summed E-state index contributed by atoms with van der Waals surface area (Å²) in [6.45, 7) is 12.6. The summed E-state index contributed by atoms with van der Waals surface area (Å²) in [5.41, 5.74) is 0.0861. The summed E-state index contributed by atoms with van der Waals surface area (Å²) in [5.74, 6) is -0.935. The summed E-state index contributed by atoms with van der Waals surface area (Å²) in [5, 5.41) is 0. The van der Waals surface area contributed by atoms with E-state index in [2.05, 4.69) is 13.2 Å². The van der Waals surface area contributed by atoms with E-state index in [1.54, 1.807) is 21.0 Å². The van der Waals surface area contributed by atoms with Crippen molar-refractivity contribution in [3.8, 4) is 0 Å². The first-order chi connectivity index (χ1) is 9.28. The number of carbonyl (C=O) groups excluding carboxylic acids is 2. The molecule has 0 aromatic heterocycles. The first-order valence-corrected chi connectivity index (χ1v) is 6.42. The third kappa shape index (κ3) is 6.02. The van der Waals surface area contributed by atoms with E-state index in [-0.39, 0.29) is 13.2 Å². The van der Waals surface area contributed by atoms with E-state index in [0.29, 0.717) is 24.2 Å². The number of esters is 2. The van der Waals surface area contributed by atoms with Gasteiger partial charge in [-0.3, -0.25) is 0 Å². The number of rotatable bonds is 9. The maximum Gasteiger partial charge on any atom is 0.333 e. The SMILES string of the molecule is C=C(C)C(=O)OCC(CC)(COC)COC(=O)C(=C)C. The first-order valence-electron chi connectivity index (χ1n) is 6.42. The van der Waals surface area contributed by atoms with Crippen LogP contribution in [-0.2, 0) is 23.8 Å². The fraction of sp³-hybridized carbons (Fsp3) is 0.600. The van der Waals surface area contributed by atoms with Crippen LogP contribution in [0.15, 0.2) is 24.3 Å². The van der Waals surface area contributed by atoms with Gasteiger partial charge in [-0.05, 0) is 20.3 Å². The third-order valence-corrected chi connectivity index (χ3v) is 2.92. The standard InChI is InChI=1S/C15H24O5/c1-7-15(8-18-6,9-19-13(16)11(2)3)10-20-14(17)12(4)5/h2,4,7-10H2,1,3,5-6H3. The van der Waals surface area contributed by atoms with Crippen molar-refractivity contribution < 1.29 is 23.8 Å². The molecule has 5 nitrogen and oxygen atoms in total. The highest BCUT2D eigenvalue weighted by atomic mass is 16.6. The second-order valence-electron chi connectivity index (χ2n) is 5.00. The van der Waals surface area contributed by atoms with Crippen LogP contribution >= 0.6 is 0 Å². The zero-order valence-corrected chi connectivity index (χ0v) is 12.8. The maximum absolute atomic E-state index is 11.5. The molecule has 0 spiro atoms. The van der Waals surface area contributed by atoms with Crippen LogP contribution in [-0.4, -0.2) is 38.9 Å². The molecular weight excluding hydrogens is 260 g/mol. The van der Waals surface area contributed by atoms with Crippen molar-refractivity contribution in [3.05, 3.63) is 24.3 Å². The molecule has 0 atom stereocenters. The minimum Gasteiger partial charge on any atom is -0.462 e. The monoisotopic (exact) mass is 284 g/mol. The van der Waals surface area contributed by atoms with Crippen molar-refractivity contribution in [3.63, 3.8) is 0 Å². The van der Waals surface area contributed by atoms with E-state index in [0.717, 1.165) is 0 Å². The van der Waals surface area contributed by atoms with E-state index in [9.17, 15) is 9.59 Å². The number of hydrogen-bond donors (Lipinski definition) is 0. The van der Waals surface area contributed by atoms with Crippen molar-refractivity contribution in [2.45, 2.75) is 27.2 Å². The quantitative estimate of drug-likeness (QED) is 0.480. The first kappa shape index (κ1) is 18.4. The van der Waals surface area contributed by atoms with Crippen LogP contribution in [0.25, 0.3) is 0 Å². The highest BCUT2D eigenvalue weighted by molar-refractivity contribution is 5.87. The summed E-state index contributed by atoms with van der Waals surface area (Å²) in [6.07, 6.45) is 0.633. The van der Waals surface area contributed by atoms with Crippen LogP contribution in [0.4, 0.5) is 0 Å². The normalized spacial score (nSPS) is 10.8. The van der Waals surface area contributed by atoms with E-state index in [1.807, 2.05) is 6.92 Å². The molecule has 0 N–H and O–H groups in total. The van der Waals surface area contributed by atoms with Gasteiger partial charge in [0.05, 0.1) is 12.0 Å². The lowest BCUT2D eigenvalue weighted by molar-refractivity contribution is -0.152. The summed E-state index contributed by atoms with van der Waals surface area (Å²) in [4.78, 5) is 22.9. The van der Waals surface area contributed by atoms with Crippen LogP contribution in [0.3, 0.4) is 0 Å². The molecule has 0 aromatic carbocycles. The summed E-state index contributed by atoms with van der Waals surface area (Å²) < 4.78 is 15.5. The molecule has 114 valence electrons. The average Bonchev–Trinajstić information content (AvgIpc) is 2.40. The molecule has 0 aliphatic heterocycles. The molecular formula is C15H24O5. The molecule has 0 aromatic rings. The molecule has 0 amide bonds. The van der Waals surface area contributed by atoms with Gasteiger partial charge < -0.3 is 14.2 Å². The Morgan fingerprint density at radius 2 is 1.35 bits per heavy atom. The minimum absolute atomic E-state index is 0.104. The molecule has 0 rings (SSSR count). The highest BCUT2D eigenvalue weighted by Crippen LogP contribution is 2.24. The fourth-order valence-corrected chi connectivity index (χ4v) is 1.42. The van der Waals surface area contributed by atoms with Gasteiger partial charge >= 0.3 is 11.9 Å². The van der Waals surface area contributed by atoms with Crippen molar-refractivity contribution >= 4 is 11.9 Å². The Labute approximate surface area is 120 Å². The van der Waals surface area contributed by atoms with Crippen LogP contribution in [0, 0.1) is 5.41 Å². The number of hydrogen-bond acceptors (Lipinski definition) is 5. The van der Waals surface area contributed by atoms with Crippen LogP contribution < -0.4 is 0 Å². The second kappa shape index (κ2) is 8.53. The van der Waals surface area contributed by atoms with Crippen molar-refractivity contribution in [1.82, 2.24) is 0 Å². The highest BCUT2D eigenvalue weighted by Gasteiger charge is 2.32. The van der Waals surface area contributed by atoms with Gasteiger partial charge in [-0.1, -0.05) is 20.1 Å². The molecule has 0 aliphatic rings. The summed E-state index contributed by atoms with van der Waals surface area (Å²) >= 11 is 0. The lowest BCUT2D eigenvalue weighted by Crippen LogP contribution is -2.38. The molecule has 0 radical (unpaired) electrons. The van der Waals surface area contributed by atoms with Gasteiger partial charge in [0.2, 0.25) is 0 Å². The smallest absolute Gasteiger partial charge is 0.333 e. The predicted molar refractivity (Wildman–Crippen MR) is 76.1 cm³/mol. The van der Waals surface area contributed by atoms with Gasteiger partial charge in [-0.15, -0.1) is 0 Å². The molecule has 0 aliphatic carbocycles. The Morgan fingerprint density at radius 1 is 0.950 bits per heavy atom. The lowest BCUT2D eigenvalue weighted by Gasteiger charge is -2.30. The van der Waals surface area contributed by atoms with E-state index < -0.39 is 17.4 Å². The topological polar surface area (TPSA) is 61.8 Å². The Bertz CT molecular complexity index is 354. The molecule has 5 heteroatoms. The maximum atomic E-state index is 11.5. The number of methoxy groups -OCH3 is 1. The largest absolute Gasteiger partial charge is 0.462 e. The Kier molecular flexibility index (Phi) is 7.84. The molecule has 0 saturated heterocycles. The number of carbonyl (C=O) groups is 2. The van der Waals surface area contributed by atoms with Gasteiger partial charge in [0, 0.05) is 18.3 Å². The second-order valence-corrected chi connectivity index (χ2v) is 5.00. The summed E-state index contributed by atoms with van der Waals surface area (Å²) in [7, 11) is 1.55. The fourth-order valence-electron chi connectivity index (χ4n) is 1.42. The van der Waals surface area contributed by atoms with Crippen molar-refractivity contribution in [2.24, 2.45) is 5.41 Å². The van der Waals surface area contributed by atoms with Crippen LogP contribution in [0.2, 0.25) is 0 Å². The van der Waals surface area contributed by atoms with E-state index >= 15 is 0 Å². The van der Waals surface area contributed by atoms with E-state index in [4.69, 9.17) is 14.2 Å².